The van der Waals surface area contributed by atoms with Crippen molar-refractivity contribution in [2.75, 3.05) is 5.75 Å². The second kappa shape index (κ2) is 9.12. The zero-order valence-corrected chi connectivity index (χ0v) is 16.2. The van der Waals surface area contributed by atoms with Crippen molar-refractivity contribution in [3.05, 3.63) is 48.0 Å². The largest absolute Gasteiger partial charge is 1.00 e. The van der Waals surface area contributed by atoms with Crippen LogP contribution in [-0.4, -0.2) is 16.8 Å². The van der Waals surface area contributed by atoms with Crippen molar-refractivity contribution in [1.82, 2.24) is 0 Å². The van der Waals surface area contributed by atoms with E-state index in [-0.39, 0.29) is 36.2 Å². The number of hydrogen-bond donors (Lipinski definition) is 0. The van der Waals surface area contributed by atoms with Crippen molar-refractivity contribution in [3.63, 3.8) is 0 Å². The molecule has 1 heterocycles. The zero-order valence-electron chi connectivity index (χ0n) is 14.4. The number of thioether (sulfide) groups is 1. The van der Waals surface area contributed by atoms with Crippen molar-refractivity contribution >= 4 is 28.3 Å². The van der Waals surface area contributed by atoms with Gasteiger partial charge in [-0.15, -0.1) is 0 Å². The van der Waals surface area contributed by atoms with Crippen LogP contribution in [0.4, 0.5) is 0 Å². The summed E-state index contributed by atoms with van der Waals surface area (Å²) in [5.41, 5.74) is 0.907. The van der Waals surface area contributed by atoms with Gasteiger partial charge in [0.2, 0.25) is 0 Å². The topological polar surface area (TPSA) is 17.1 Å². The standard InChI is InChI=1S/C19H22OS.Na.H/c20-19(18-13-4-2-1-3-7-14-21-18)17-12-8-10-15-9-5-6-11-16(15)17;;/h5-6,8-12,18H,1-4,7,13-14H2;;/q;+1;-1. The summed E-state index contributed by atoms with van der Waals surface area (Å²) < 4.78 is 0. The molecule has 2 aromatic rings. The van der Waals surface area contributed by atoms with Crippen LogP contribution in [0.3, 0.4) is 0 Å². The molecule has 1 unspecified atom stereocenters. The molecule has 2 aromatic carbocycles. The number of fused-ring (bicyclic) bond motifs is 1. The molecule has 0 radical (unpaired) electrons. The summed E-state index contributed by atoms with van der Waals surface area (Å²) in [4.78, 5) is 13.0. The number of carbonyl (C=O) groups is 1. The summed E-state index contributed by atoms with van der Waals surface area (Å²) in [5.74, 6) is 1.46. The van der Waals surface area contributed by atoms with E-state index in [1.54, 1.807) is 0 Å². The van der Waals surface area contributed by atoms with Crippen LogP contribution in [0.5, 0.6) is 0 Å². The first-order valence-corrected chi connectivity index (χ1v) is 9.05. The second-order valence-corrected chi connectivity index (χ2v) is 7.12. The first-order valence-electron chi connectivity index (χ1n) is 8.00. The molecule has 112 valence electrons. The van der Waals surface area contributed by atoms with Crippen molar-refractivity contribution in [2.45, 2.75) is 43.8 Å². The van der Waals surface area contributed by atoms with Crippen molar-refractivity contribution in [1.29, 1.82) is 0 Å². The fraction of sp³-hybridized carbons (Fsp3) is 0.421. The number of rotatable bonds is 2. The van der Waals surface area contributed by atoms with Gasteiger partial charge in [-0.2, -0.15) is 11.8 Å². The maximum Gasteiger partial charge on any atom is 1.00 e. The maximum atomic E-state index is 13.0. The Kier molecular flexibility index (Phi) is 7.49. The van der Waals surface area contributed by atoms with E-state index >= 15 is 0 Å². The van der Waals surface area contributed by atoms with Crippen molar-refractivity contribution < 1.29 is 35.8 Å². The van der Waals surface area contributed by atoms with Crippen LogP contribution >= 0.6 is 11.8 Å². The van der Waals surface area contributed by atoms with Gasteiger partial charge >= 0.3 is 29.6 Å². The van der Waals surface area contributed by atoms with Gasteiger partial charge in [-0.05, 0) is 29.4 Å². The van der Waals surface area contributed by atoms with Crippen LogP contribution in [0.15, 0.2) is 42.5 Å². The SMILES string of the molecule is O=C(c1cccc2ccccc12)C1CCCCCCCS1.[H-].[Na+]. The number of benzene rings is 2. The third-order valence-electron chi connectivity index (χ3n) is 4.28. The van der Waals surface area contributed by atoms with E-state index in [0.29, 0.717) is 5.78 Å². The fourth-order valence-corrected chi connectivity index (χ4v) is 4.36. The molecule has 0 aromatic heterocycles. The molecule has 1 aliphatic rings. The monoisotopic (exact) mass is 322 g/mol. The van der Waals surface area contributed by atoms with Gasteiger partial charge in [-0.3, -0.25) is 4.79 Å². The van der Waals surface area contributed by atoms with E-state index in [9.17, 15) is 4.79 Å². The molecule has 0 N–H and O–H groups in total. The molecule has 0 amide bonds. The molecule has 1 aliphatic heterocycles. The van der Waals surface area contributed by atoms with Gasteiger partial charge in [0.15, 0.2) is 5.78 Å². The van der Waals surface area contributed by atoms with Gasteiger partial charge in [0, 0.05) is 5.56 Å². The fourth-order valence-electron chi connectivity index (χ4n) is 3.09. The van der Waals surface area contributed by atoms with E-state index in [0.717, 1.165) is 28.5 Å². The van der Waals surface area contributed by atoms with Gasteiger partial charge in [0.25, 0.3) is 0 Å². The van der Waals surface area contributed by atoms with E-state index in [4.69, 9.17) is 0 Å². The molecule has 1 atom stereocenters. The quantitative estimate of drug-likeness (QED) is 0.624. The molecule has 0 bridgehead atoms. The van der Waals surface area contributed by atoms with Crippen LogP contribution < -0.4 is 29.6 Å². The molecule has 1 nitrogen and oxygen atoms in total. The van der Waals surface area contributed by atoms with Gasteiger partial charge < -0.3 is 1.43 Å². The first kappa shape index (κ1) is 18.1. The second-order valence-electron chi connectivity index (χ2n) is 5.81. The van der Waals surface area contributed by atoms with E-state index < -0.39 is 0 Å². The predicted octanol–water partition coefficient (Wildman–Crippen LogP) is 2.59. The molecule has 0 aliphatic carbocycles. The van der Waals surface area contributed by atoms with Gasteiger partial charge in [0.1, 0.15) is 0 Å². The van der Waals surface area contributed by atoms with Crippen LogP contribution in [-0.2, 0) is 0 Å². The third-order valence-corrected chi connectivity index (χ3v) is 5.65. The number of hydrogen-bond acceptors (Lipinski definition) is 2. The van der Waals surface area contributed by atoms with Crippen molar-refractivity contribution in [2.24, 2.45) is 0 Å². The Balaban J connectivity index is 0.00000132. The summed E-state index contributed by atoms with van der Waals surface area (Å²) in [5, 5.41) is 2.41. The van der Waals surface area contributed by atoms with Crippen LogP contribution in [0, 0.1) is 0 Å². The Morgan fingerprint density at radius 2 is 1.68 bits per heavy atom. The minimum Gasteiger partial charge on any atom is -1.00 e. The number of Topliss-reactive ketones (excluding diaryl/α,β-unsaturated/α-hetero) is 1. The van der Waals surface area contributed by atoms with Gasteiger partial charge in [-0.1, -0.05) is 68.1 Å². The molecule has 0 spiro atoms. The average molecular weight is 322 g/mol. The third kappa shape index (κ3) is 4.38. The molecule has 22 heavy (non-hydrogen) atoms. The number of ketones is 1. The van der Waals surface area contributed by atoms with Crippen LogP contribution in [0.25, 0.3) is 10.8 Å². The Bertz CT molecular complexity index is 616. The van der Waals surface area contributed by atoms with Crippen molar-refractivity contribution in [3.8, 4) is 0 Å². The van der Waals surface area contributed by atoms with Crippen LogP contribution in [0.1, 0.15) is 50.3 Å². The molecule has 1 saturated heterocycles. The zero-order chi connectivity index (χ0) is 14.5. The minimum atomic E-state index is 0. The van der Waals surface area contributed by atoms with Gasteiger partial charge in [-0.25, -0.2) is 0 Å². The summed E-state index contributed by atoms with van der Waals surface area (Å²) in [6.07, 6.45) is 7.41. The predicted molar refractivity (Wildman–Crippen MR) is 93.3 cm³/mol. The number of carbonyl (C=O) groups excluding carboxylic acids is 1. The summed E-state index contributed by atoms with van der Waals surface area (Å²) in [6, 6.07) is 14.3. The Labute approximate surface area is 161 Å². The molecule has 3 heteroatoms. The average Bonchev–Trinajstić information content (AvgIpc) is 2.67. The van der Waals surface area contributed by atoms with Gasteiger partial charge in [0.05, 0.1) is 5.25 Å². The van der Waals surface area contributed by atoms with E-state index in [1.807, 2.05) is 36.0 Å². The Hall–Kier alpha value is -0.280. The summed E-state index contributed by atoms with van der Waals surface area (Å²) in [7, 11) is 0. The Morgan fingerprint density at radius 1 is 0.955 bits per heavy atom. The minimum absolute atomic E-state index is 0. The molecule has 0 saturated carbocycles. The van der Waals surface area contributed by atoms with E-state index in [1.165, 1.54) is 32.1 Å². The Morgan fingerprint density at radius 3 is 2.59 bits per heavy atom. The molecular weight excluding hydrogens is 299 g/mol. The molecular formula is C19H23NaOS. The van der Waals surface area contributed by atoms with E-state index in [2.05, 4.69) is 18.2 Å². The smallest absolute Gasteiger partial charge is 1.00 e. The summed E-state index contributed by atoms with van der Waals surface area (Å²) >= 11 is 1.87. The maximum absolute atomic E-state index is 13.0. The van der Waals surface area contributed by atoms with Crippen LogP contribution in [0.2, 0.25) is 0 Å². The first-order chi connectivity index (χ1) is 10.4. The summed E-state index contributed by atoms with van der Waals surface area (Å²) in [6.45, 7) is 0. The molecule has 3 rings (SSSR count). The normalized spacial score (nSPS) is 19.5. The molecule has 1 fully saturated rings.